The molecule has 0 atom stereocenters. The van der Waals surface area contributed by atoms with E-state index in [0.717, 1.165) is 22.6 Å². The lowest BCUT2D eigenvalue weighted by Gasteiger charge is -2.11. The number of nitro benzene ring substituents is 1. The summed E-state index contributed by atoms with van der Waals surface area (Å²) in [5.74, 6) is 1.54. The summed E-state index contributed by atoms with van der Waals surface area (Å²) in [6, 6.07) is 17.6. The first-order valence-corrected chi connectivity index (χ1v) is 8.75. The van der Waals surface area contributed by atoms with Crippen molar-refractivity contribution in [3.05, 3.63) is 93.0 Å². The van der Waals surface area contributed by atoms with Crippen molar-refractivity contribution in [3.8, 4) is 17.2 Å². The van der Waals surface area contributed by atoms with Crippen LogP contribution in [-0.2, 0) is 12.8 Å². The highest BCUT2D eigenvalue weighted by Gasteiger charge is 2.17. The van der Waals surface area contributed by atoms with Gasteiger partial charge in [0.05, 0.1) is 19.1 Å². The van der Waals surface area contributed by atoms with Crippen LogP contribution in [-0.4, -0.2) is 24.2 Å². The predicted octanol–water partition coefficient (Wildman–Crippen LogP) is 4.50. The summed E-state index contributed by atoms with van der Waals surface area (Å²) in [5.41, 5.74) is 2.84. The van der Waals surface area contributed by atoms with E-state index in [4.69, 9.17) is 9.47 Å². The molecule has 0 bridgehead atoms. The number of hydrogen-bond acceptors (Lipinski definition) is 5. The second-order valence-corrected chi connectivity index (χ2v) is 6.42. The quantitative estimate of drug-likeness (QED) is 0.483. The Morgan fingerprint density at radius 2 is 1.21 bits per heavy atom. The number of methoxy groups -OCH3 is 2. The molecule has 3 rings (SSSR count). The number of phenolic OH excluding ortho intramolecular Hbond substituents is 1. The van der Waals surface area contributed by atoms with Crippen LogP contribution in [0.2, 0.25) is 0 Å². The largest absolute Gasteiger partial charge is 0.507 e. The lowest BCUT2D eigenvalue weighted by molar-refractivity contribution is -0.385. The van der Waals surface area contributed by atoms with E-state index >= 15 is 0 Å². The highest BCUT2D eigenvalue weighted by Crippen LogP contribution is 2.32. The van der Waals surface area contributed by atoms with Gasteiger partial charge in [0.2, 0.25) is 0 Å². The highest BCUT2D eigenvalue weighted by atomic mass is 16.6. The summed E-state index contributed by atoms with van der Waals surface area (Å²) in [6.07, 6.45) is 0.764. The minimum atomic E-state index is -0.436. The molecule has 144 valence electrons. The van der Waals surface area contributed by atoms with Crippen LogP contribution in [0.1, 0.15) is 22.3 Å². The van der Waals surface area contributed by atoms with Gasteiger partial charge >= 0.3 is 0 Å². The Hall–Kier alpha value is -3.54. The minimum absolute atomic E-state index is 0.0372. The van der Waals surface area contributed by atoms with Crippen molar-refractivity contribution in [3.63, 3.8) is 0 Å². The van der Waals surface area contributed by atoms with Crippen molar-refractivity contribution in [1.82, 2.24) is 0 Å². The van der Waals surface area contributed by atoms with Gasteiger partial charge in [0.15, 0.2) is 0 Å². The molecule has 0 aliphatic carbocycles. The maximum Gasteiger partial charge on any atom is 0.270 e. The number of nitro groups is 1. The molecule has 3 aromatic carbocycles. The molecule has 3 aromatic rings. The number of aromatic hydroxyl groups is 1. The lowest BCUT2D eigenvalue weighted by atomic mass is 9.96. The maximum absolute atomic E-state index is 11.4. The maximum atomic E-state index is 11.4. The van der Waals surface area contributed by atoms with E-state index in [9.17, 15) is 15.2 Å². The van der Waals surface area contributed by atoms with Crippen molar-refractivity contribution in [2.75, 3.05) is 14.2 Å². The standard InChI is InChI=1S/C22H21NO5/c1-27-20-7-3-15(4-8-20)11-17-13-19(23(25)26)14-18(22(17)24)12-16-5-9-21(28-2)10-6-16/h3-10,13-14,24H,11-12H2,1-2H3. The molecule has 1 N–H and O–H groups in total. The second-order valence-electron chi connectivity index (χ2n) is 6.42. The third kappa shape index (κ3) is 4.40. The molecule has 0 saturated heterocycles. The first-order valence-electron chi connectivity index (χ1n) is 8.75. The monoisotopic (exact) mass is 379 g/mol. The fraction of sp³-hybridized carbons (Fsp3) is 0.182. The lowest BCUT2D eigenvalue weighted by Crippen LogP contribution is -1.99. The van der Waals surface area contributed by atoms with Crippen molar-refractivity contribution in [2.24, 2.45) is 0 Å². The Morgan fingerprint density at radius 1 is 0.821 bits per heavy atom. The first-order chi connectivity index (χ1) is 13.5. The summed E-state index contributed by atoms with van der Waals surface area (Å²) in [7, 11) is 3.18. The van der Waals surface area contributed by atoms with Crippen molar-refractivity contribution < 1.29 is 19.5 Å². The Bertz CT molecular complexity index is 895. The Labute approximate surface area is 163 Å². The Balaban J connectivity index is 1.93. The van der Waals surface area contributed by atoms with Crippen LogP contribution in [0.4, 0.5) is 5.69 Å². The number of non-ortho nitro benzene ring substituents is 1. The third-order valence-corrected chi connectivity index (χ3v) is 4.57. The number of nitrogens with zero attached hydrogens (tertiary/aromatic N) is 1. The van der Waals surface area contributed by atoms with Crippen LogP contribution in [0, 0.1) is 10.1 Å². The van der Waals surface area contributed by atoms with Crippen LogP contribution in [0.15, 0.2) is 60.7 Å². The molecule has 0 amide bonds. The minimum Gasteiger partial charge on any atom is -0.507 e. The summed E-state index contributed by atoms with van der Waals surface area (Å²) in [5, 5.41) is 22.1. The molecule has 6 nitrogen and oxygen atoms in total. The van der Waals surface area contributed by atoms with Gasteiger partial charge in [0.1, 0.15) is 17.2 Å². The molecular formula is C22H21NO5. The SMILES string of the molecule is COc1ccc(Cc2cc([N+](=O)[O-])cc(Cc3ccc(OC)cc3)c2O)cc1. The van der Waals surface area contributed by atoms with Gasteiger partial charge in [-0.05, 0) is 35.4 Å². The third-order valence-electron chi connectivity index (χ3n) is 4.57. The molecule has 0 radical (unpaired) electrons. The highest BCUT2D eigenvalue weighted by molar-refractivity contribution is 5.52. The molecule has 0 unspecified atom stereocenters. The van der Waals surface area contributed by atoms with Crippen LogP contribution in [0.3, 0.4) is 0 Å². The summed E-state index contributed by atoms with van der Waals surface area (Å²) in [4.78, 5) is 10.9. The van der Waals surface area contributed by atoms with E-state index in [0.29, 0.717) is 24.0 Å². The predicted molar refractivity (Wildman–Crippen MR) is 106 cm³/mol. The van der Waals surface area contributed by atoms with Gasteiger partial charge in [0, 0.05) is 36.1 Å². The van der Waals surface area contributed by atoms with Gasteiger partial charge in [-0.1, -0.05) is 24.3 Å². The fourth-order valence-electron chi connectivity index (χ4n) is 3.04. The van der Waals surface area contributed by atoms with Crippen LogP contribution in [0.5, 0.6) is 17.2 Å². The number of ether oxygens (including phenoxy) is 2. The molecule has 0 fully saturated rings. The van der Waals surface area contributed by atoms with E-state index < -0.39 is 4.92 Å². The van der Waals surface area contributed by atoms with Crippen LogP contribution in [0.25, 0.3) is 0 Å². The Morgan fingerprint density at radius 3 is 1.54 bits per heavy atom. The van der Waals surface area contributed by atoms with Gasteiger partial charge < -0.3 is 14.6 Å². The average molecular weight is 379 g/mol. The molecule has 0 aromatic heterocycles. The molecule has 0 aliphatic heterocycles. The molecular weight excluding hydrogens is 358 g/mol. The number of benzene rings is 3. The van der Waals surface area contributed by atoms with Crippen molar-refractivity contribution >= 4 is 5.69 Å². The molecule has 0 aliphatic rings. The van der Waals surface area contributed by atoms with Crippen LogP contribution >= 0.6 is 0 Å². The normalized spacial score (nSPS) is 10.5. The first kappa shape index (κ1) is 19.2. The number of rotatable bonds is 7. The van der Waals surface area contributed by atoms with Gasteiger partial charge in [-0.15, -0.1) is 0 Å². The van der Waals surface area contributed by atoms with Gasteiger partial charge in [-0.2, -0.15) is 0 Å². The van der Waals surface area contributed by atoms with Gasteiger partial charge in [-0.25, -0.2) is 0 Å². The summed E-state index contributed by atoms with van der Waals surface area (Å²) >= 11 is 0. The Kier molecular flexibility index (Phi) is 5.79. The zero-order chi connectivity index (χ0) is 20.1. The zero-order valence-electron chi connectivity index (χ0n) is 15.7. The van der Waals surface area contributed by atoms with E-state index in [2.05, 4.69) is 0 Å². The summed E-state index contributed by atoms with van der Waals surface area (Å²) in [6.45, 7) is 0. The van der Waals surface area contributed by atoms with E-state index in [-0.39, 0.29) is 11.4 Å². The zero-order valence-corrected chi connectivity index (χ0v) is 15.7. The molecule has 0 spiro atoms. The smallest absolute Gasteiger partial charge is 0.270 e. The van der Waals surface area contributed by atoms with E-state index in [1.807, 2.05) is 48.5 Å². The van der Waals surface area contributed by atoms with E-state index in [1.54, 1.807) is 14.2 Å². The number of phenols is 1. The van der Waals surface area contributed by atoms with Crippen molar-refractivity contribution in [1.29, 1.82) is 0 Å². The molecule has 0 saturated carbocycles. The average Bonchev–Trinajstić information content (AvgIpc) is 2.71. The van der Waals surface area contributed by atoms with Crippen molar-refractivity contribution in [2.45, 2.75) is 12.8 Å². The summed E-state index contributed by atoms with van der Waals surface area (Å²) < 4.78 is 10.3. The topological polar surface area (TPSA) is 81.8 Å². The van der Waals surface area contributed by atoms with Gasteiger partial charge in [-0.3, -0.25) is 10.1 Å². The van der Waals surface area contributed by atoms with Gasteiger partial charge in [0.25, 0.3) is 5.69 Å². The molecule has 28 heavy (non-hydrogen) atoms. The van der Waals surface area contributed by atoms with E-state index in [1.165, 1.54) is 12.1 Å². The number of hydrogen-bond donors (Lipinski definition) is 1. The molecule has 6 heteroatoms. The molecule has 0 heterocycles. The fourth-order valence-corrected chi connectivity index (χ4v) is 3.04. The van der Waals surface area contributed by atoms with Crippen LogP contribution < -0.4 is 9.47 Å². The second kappa shape index (κ2) is 8.43.